The van der Waals surface area contributed by atoms with Crippen molar-refractivity contribution < 1.29 is 22.7 Å². The molecule has 0 aliphatic carbocycles. The summed E-state index contributed by atoms with van der Waals surface area (Å²) in [5, 5.41) is 3.22. The van der Waals surface area contributed by atoms with Crippen molar-refractivity contribution in [2.45, 2.75) is 4.90 Å². The van der Waals surface area contributed by atoms with Crippen molar-refractivity contribution in [3.05, 3.63) is 74.7 Å². The Balaban J connectivity index is 1.65. The summed E-state index contributed by atoms with van der Waals surface area (Å²) in [6, 6.07) is 13.1. The van der Waals surface area contributed by atoms with Gasteiger partial charge in [0.15, 0.2) is 6.61 Å². The maximum atomic E-state index is 12.6. The summed E-state index contributed by atoms with van der Waals surface area (Å²) in [5.41, 5.74) is 0.613. The van der Waals surface area contributed by atoms with Gasteiger partial charge >= 0.3 is 0 Å². The number of methoxy groups -OCH3 is 1. The molecule has 0 radical (unpaired) electrons. The Kier molecular flexibility index (Phi) is 8.20. The Morgan fingerprint density at radius 3 is 2.18 bits per heavy atom. The fourth-order valence-electron chi connectivity index (χ4n) is 2.59. The summed E-state index contributed by atoms with van der Waals surface area (Å²) in [7, 11) is -2.39. The zero-order valence-corrected chi connectivity index (χ0v) is 20.7. The maximum absolute atomic E-state index is 12.6. The van der Waals surface area contributed by atoms with Crippen molar-refractivity contribution in [3.8, 4) is 11.5 Å². The smallest absolute Gasteiger partial charge is 0.262 e. The lowest BCUT2D eigenvalue weighted by atomic mass is 10.3. The number of halogens is 4. The van der Waals surface area contributed by atoms with Crippen LogP contribution in [-0.4, -0.2) is 28.0 Å². The monoisotopic (exact) mass is 548 g/mol. The largest absolute Gasteiger partial charge is 0.497 e. The molecule has 0 aliphatic heterocycles. The van der Waals surface area contributed by atoms with Gasteiger partial charge in [0.25, 0.3) is 15.9 Å². The number of carbonyl (C=O) groups is 1. The second-order valence-electron chi connectivity index (χ2n) is 6.51. The molecule has 0 heterocycles. The number of sulfonamides is 1. The normalized spacial score (nSPS) is 11.1. The molecule has 0 aliphatic rings. The molecule has 7 nitrogen and oxygen atoms in total. The molecule has 33 heavy (non-hydrogen) atoms. The minimum Gasteiger partial charge on any atom is -0.497 e. The number of carbonyl (C=O) groups excluding carboxylic acids is 1. The third kappa shape index (κ3) is 6.59. The molecule has 0 saturated heterocycles. The molecule has 3 rings (SSSR count). The third-order valence-electron chi connectivity index (χ3n) is 4.20. The van der Waals surface area contributed by atoms with Gasteiger partial charge in [-0.2, -0.15) is 0 Å². The van der Waals surface area contributed by atoms with E-state index in [0.717, 1.165) is 0 Å². The molecule has 174 valence electrons. The van der Waals surface area contributed by atoms with Crippen LogP contribution < -0.4 is 19.5 Å². The highest BCUT2D eigenvalue weighted by atomic mass is 35.5. The Morgan fingerprint density at radius 1 is 0.879 bits per heavy atom. The summed E-state index contributed by atoms with van der Waals surface area (Å²) in [4.78, 5) is 12.1. The summed E-state index contributed by atoms with van der Waals surface area (Å²) < 4.78 is 38.2. The van der Waals surface area contributed by atoms with Crippen LogP contribution in [0.1, 0.15) is 0 Å². The molecule has 2 N–H and O–H groups in total. The summed E-state index contributed by atoms with van der Waals surface area (Å²) in [5.74, 6) is 0.174. The molecule has 0 fully saturated rings. The van der Waals surface area contributed by atoms with Crippen LogP contribution in [0.3, 0.4) is 0 Å². The molecule has 12 heteroatoms. The summed E-state index contributed by atoms with van der Waals surface area (Å²) in [6.45, 7) is -0.410. The second kappa shape index (κ2) is 10.7. The van der Waals surface area contributed by atoms with Crippen molar-refractivity contribution in [1.82, 2.24) is 0 Å². The first kappa shape index (κ1) is 25.3. The summed E-state index contributed by atoms with van der Waals surface area (Å²) >= 11 is 24.0. The van der Waals surface area contributed by atoms with Gasteiger partial charge in [-0.15, -0.1) is 0 Å². The average molecular weight is 550 g/mol. The Hall–Kier alpha value is -2.36. The molecule has 3 aromatic rings. The zero-order valence-electron chi connectivity index (χ0n) is 16.9. The SMILES string of the molecule is COc1ccc(NS(=O)(=O)c2ccc(OCC(=O)Nc3cc(Cl)c(Cl)cc3Cl)c(Cl)c2)cc1. The predicted molar refractivity (Wildman–Crippen MR) is 131 cm³/mol. The van der Waals surface area contributed by atoms with E-state index in [1.807, 2.05) is 0 Å². The molecule has 1 amide bonds. The average Bonchev–Trinajstić information content (AvgIpc) is 2.77. The van der Waals surface area contributed by atoms with Gasteiger partial charge in [0, 0.05) is 5.69 Å². The first-order valence-electron chi connectivity index (χ1n) is 9.12. The van der Waals surface area contributed by atoms with Crippen molar-refractivity contribution in [1.29, 1.82) is 0 Å². The Morgan fingerprint density at radius 2 is 1.55 bits per heavy atom. The number of hydrogen-bond acceptors (Lipinski definition) is 5. The maximum Gasteiger partial charge on any atom is 0.262 e. The molecule has 3 aromatic carbocycles. The van der Waals surface area contributed by atoms with E-state index in [2.05, 4.69) is 10.0 Å². The van der Waals surface area contributed by atoms with E-state index in [-0.39, 0.29) is 36.4 Å². The highest BCUT2D eigenvalue weighted by molar-refractivity contribution is 7.92. The molecular formula is C21H16Cl4N2O5S. The molecule has 0 bridgehead atoms. The van der Waals surface area contributed by atoms with E-state index in [1.165, 1.54) is 37.4 Å². The van der Waals surface area contributed by atoms with Gasteiger partial charge in [0.05, 0.1) is 37.8 Å². The lowest BCUT2D eigenvalue weighted by Gasteiger charge is -2.12. The van der Waals surface area contributed by atoms with Gasteiger partial charge in [-0.1, -0.05) is 46.4 Å². The van der Waals surface area contributed by atoms with Crippen molar-refractivity contribution in [2.75, 3.05) is 23.8 Å². The van der Waals surface area contributed by atoms with Crippen LogP contribution >= 0.6 is 46.4 Å². The van der Waals surface area contributed by atoms with Gasteiger partial charge in [-0.05, 0) is 54.6 Å². The Labute approximate surface area is 210 Å². The number of amides is 1. The Bertz CT molecular complexity index is 1280. The third-order valence-corrected chi connectivity index (χ3v) is 6.91. The van der Waals surface area contributed by atoms with Gasteiger partial charge in [0.2, 0.25) is 0 Å². The predicted octanol–water partition coefficient (Wildman–Crippen LogP) is 6.13. The van der Waals surface area contributed by atoms with Crippen LogP contribution in [0.5, 0.6) is 11.5 Å². The number of nitrogens with one attached hydrogen (secondary N) is 2. The van der Waals surface area contributed by atoms with Crippen LogP contribution in [-0.2, 0) is 14.8 Å². The van der Waals surface area contributed by atoms with Crippen LogP contribution in [0, 0.1) is 0 Å². The number of ether oxygens (including phenoxy) is 2. The minimum atomic E-state index is -3.90. The first-order chi connectivity index (χ1) is 15.6. The van der Waals surface area contributed by atoms with Crippen LogP contribution in [0.4, 0.5) is 11.4 Å². The van der Waals surface area contributed by atoms with E-state index in [9.17, 15) is 13.2 Å². The number of rotatable bonds is 8. The highest BCUT2D eigenvalue weighted by Gasteiger charge is 2.17. The van der Waals surface area contributed by atoms with Crippen molar-refractivity contribution in [2.24, 2.45) is 0 Å². The van der Waals surface area contributed by atoms with Gasteiger partial charge in [-0.3, -0.25) is 9.52 Å². The molecule has 0 unspecified atom stereocenters. The fourth-order valence-corrected chi connectivity index (χ4v) is 4.57. The lowest BCUT2D eigenvalue weighted by molar-refractivity contribution is -0.118. The molecule has 0 spiro atoms. The molecule has 0 aromatic heterocycles. The van der Waals surface area contributed by atoms with Crippen molar-refractivity contribution >= 4 is 73.7 Å². The summed E-state index contributed by atoms with van der Waals surface area (Å²) in [6.07, 6.45) is 0. The second-order valence-corrected chi connectivity index (χ2v) is 9.82. The van der Waals surface area contributed by atoms with E-state index in [0.29, 0.717) is 11.4 Å². The molecular weight excluding hydrogens is 534 g/mol. The number of anilines is 2. The van der Waals surface area contributed by atoms with Gasteiger partial charge in [0.1, 0.15) is 11.5 Å². The highest BCUT2D eigenvalue weighted by Crippen LogP contribution is 2.32. The van der Waals surface area contributed by atoms with Crippen molar-refractivity contribution in [3.63, 3.8) is 0 Å². The van der Waals surface area contributed by atoms with E-state index >= 15 is 0 Å². The number of hydrogen-bond donors (Lipinski definition) is 2. The van der Waals surface area contributed by atoms with Gasteiger partial charge < -0.3 is 14.8 Å². The van der Waals surface area contributed by atoms with E-state index < -0.39 is 22.5 Å². The standard InChI is InChI=1S/C21H16Cl4N2O5S/c1-31-13-4-2-12(3-5-13)27-33(29,30)14-6-7-20(18(25)8-14)32-11-21(28)26-19-10-16(23)15(22)9-17(19)24/h2-10,27H,11H2,1H3,(H,26,28). The van der Waals surface area contributed by atoms with E-state index in [1.54, 1.807) is 24.3 Å². The molecule has 0 saturated carbocycles. The molecule has 0 atom stereocenters. The minimum absolute atomic E-state index is 0.00738. The first-order valence-corrected chi connectivity index (χ1v) is 12.1. The van der Waals surface area contributed by atoms with Crippen LogP contribution in [0.15, 0.2) is 59.5 Å². The van der Waals surface area contributed by atoms with Gasteiger partial charge in [-0.25, -0.2) is 8.42 Å². The fraction of sp³-hybridized carbons (Fsp3) is 0.0952. The van der Waals surface area contributed by atoms with Crippen LogP contribution in [0.25, 0.3) is 0 Å². The van der Waals surface area contributed by atoms with E-state index in [4.69, 9.17) is 55.9 Å². The quantitative estimate of drug-likeness (QED) is 0.330. The lowest BCUT2D eigenvalue weighted by Crippen LogP contribution is -2.20. The number of benzene rings is 3. The zero-order chi connectivity index (χ0) is 24.2. The van der Waals surface area contributed by atoms with Crippen LogP contribution in [0.2, 0.25) is 20.1 Å². The topological polar surface area (TPSA) is 93.7 Å².